The van der Waals surface area contributed by atoms with E-state index in [-0.39, 0.29) is 22.8 Å². The Balaban J connectivity index is 1.94. The summed E-state index contributed by atoms with van der Waals surface area (Å²) >= 11 is 0. The van der Waals surface area contributed by atoms with Crippen molar-refractivity contribution in [1.29, 1.82) is 0 Å². The minimum Gasteiger partial charge on any atom is -0.495 e. The van der Waals surface area contributed by atoms with Crippen molar-refractivity contribution in [2.45, 2.75) is 25.2 Å². The van der Waals surface area contributed by atoms with Crippen LogP contribution < -0.4 is 24.8 Å². The lowest BCUT2D eigenvalue weighted by molar-refractivity contribution is -0.117. The molecule has 0 radical (unpaired) electrons. The second kappa shape index (κ2) is 11.6. The zero-order valence-electron chi connectivity index (χ0n) is 20.4. The van der Waals surface area contributed by atoms with Gasteiger partial charge in [-0.25, -0.2) is 8.42 Å². The number of hydrogen-bond donors (Lipinski definition) is 2. The summed E-state index contributed by atoms with van der Waals surface area (Å²) in [5.41, 5.74) is 7.37. The number of methoxy groups -OCH3 is 1. The van der Waals surface area contributed by atoms with Gasteiger partial charge in [-0.1, -0.05) is 18.2 Å². The van der Waals surface area contributed by atoms with Crippen LogP contribution in [0.15, 0.2) is 71.6 Å². The smallest absolute Gasteiger partial charge is 0.268 e. The number of rotatable bonds is 11. The Morgan fingerprint density at radius 2 is 1.67 bits per heavy atom. The van der Waals surface area contributed by atoms with Crippen LogP contribution in [-0.2, 0) is 26.0 Å². The number of nitrogens with zero attached hydrogens (tertiary/aromatic N) is 1. The largest absolute Gasteiger partial charge is 0.495 e. The van der Waals surface area contributed by atoms with Crippen molar-refractivity contribution in [3.05, 3.63) is 77.9 Å². The average molecular weight is 512 g/mol. The van der Waals surface area contributed by atoms with Crippen molar-refractivity contribution in [3.8, 4) is 11.5 Å². The molecule has 0 aliphatic heterocycles. The Kier molecular flexibility index (Phi) is 8.55. The number of ether oxygens (including phenoxy) is 2. The van der Waals surface area contributed by atoms with Gasteiger partial charge in [0.2, 0.25) is 11.8 Å². The maximum atomic E-state index is 13.8. The number of sulfonamides is 1. The molecule has 0 saturated heterocycles. The summed E-state index contributed by atoms with van der Waals surface area (Å²) in [4.78, 5) is 24.0. The Morgan fingerprint density at radius 1 is 1.00 bits per heavy atom. The quantitative estimate of drug-likeness (QED) is 0.407. The summed E-state index contributed by atoms with van der Waals surface area (Å²) in [5.74, 6) is -0.273. The summed E-state index contributed by atoms with van der Waals surface area (Å²) in [6.45, 7) is 3.59. The number of benzene rings is 3. The van der Waals surface area contributed by atoms with Gasteiger partial charge in [0.15, 0.2) is 0 Å². The predicted molar refractivity (Wildman–Crippen MR) is 138 cm³/mol. The molecule has 0 aliphatic rings. The van der Waals surface area contributed by atoms with Crippen LogP contribution in [0.3, 0.4) is 0 Å². The van der Waals surface area contributed by atoms with Gasteiger partial charge in [0.1, 0.15) is 22.9 Å². The fourth-order valence-corrected chi connectivity index (χ4v) is 5.20. The van der Waals surface area contributed by atoms with Gasteiger partial charge in [0.05, 0.1) is 25.8 Å². The van der Waals surface area contributed by atoms with Crippen molar-refractivity contribution >= 4 is 33.2 Å². The Labute approximate surface area is 210 Å². The molecule has 0 fully saturated rings. The lowest BCUT2D eigenvalue weighted by Gasteiger charge is -2.25. The third kappa shape index (κ3) is 6.54. The Bertz CT molecular complexity index is 1320. The summed E-state index contributed by atoms with van der Waals surface area (Å²) in [5, 5.41) is 2.70. The standard InChI is InChI=1S/C26H29N3O6S/c1-4-35-22-12-10-21(11-13-22)29(36(32,33)24-15-18(2)5-14-23(24)34-3)17-26(31)28-20-8-6-19(7-9-20)16-25(27)30/h5-15H,4,16-17H2,1-3H3,(H2,27,30)(H,28,31). The van der Waals surface area contributed by atoms with Crippen LogP contribution in [0.1, 0.15) is 18.1 Å². The average Bonchev–Trinajstić information content (AvgIpc) is 2.84. The number of anilines is 2. The van der Waals surface area contributed by atoms with Crippen LogP contribution in [0.5, 0.6) is 11.5 Å². The number of carbonyl (C=O) groups excluding carboxylic acids is 2. The molecule has 0 heterocycles. The highest BCUT2D eigenvalue weighted by Crippen LogP contribution is 2.31. The maximum absolute atomic E-state index is 13.8. The van der Waals surface area contributed by atoms with Gasteiger partial charge in [0, 0.05) is 5.69 Å². The summed E-state index contributed by atoms with van der Waals surface area (Å²) in [6.07, 6.45) is 0.0797. The van der Waals surface area contributed by atoms with Crippen molar-refractivity contribution in [2.24, 2.45) is 5.73 Å². The number of primary amides is 1. The first-order valence-electron chi connectivity index (χ1n) is 11.2. The van der Waals surface area contributed by atoms with Crippen molar-refractivity contribution < 1.29 is 27.5 Å². The van der Waals surface area contributed by atoms with E-state index in [1.54, 1.807) is 67.6 Å². The highest BCUT2D eigenvalue weighted by atomic mass is 32.2. The molecular weight excluding hydrogens is 482 g/mol. The first-order valence-corrected chi connectivity index (χ1v) is 12.7. The maximum Gasteiger partial charge on any atom is 0.268 e. The molecule has 3 N–H and O–H groups in total. The van der Waals surface area contributed by atoms with E-state index >= 15 is 0 Å². The van der Waals surface area contributed by atoms with Crippen LogP contribution in [-0.4, -0.2) is 40.5 Å². The van der Waals surface area contributed by atoms with Crippen LogP contribution in [0.4, 0.5) is 11.4 Å². The summed E-state index contributed by atoms with van der Waals surface area (Å²) < 4.78 is 39.4. The van der Waals surface area contributed by atoms with Crippen molar-refractivity contribution in [2.75, 3.05) is 29.9 Å². The van der Waals surface area contributed by atoms with Gasteiger partial charge in [-0.05, 0) is 73.5 Å². The zero-order valence-corrected chi connectivity index (χ0v) is 21.2. The van der Waals surface area contributed by atoms with E-state index in [4.69, 9.17) is 15.2 Å². The number of nitrogens with one attached hydrogen (secondary N) is 1. The number of aryl methyl sites for hydroxylation is 1. The third-order valence-corrected chi connectivity index (χ3v) is 7.02. The van der Waals surface area contributed by atoms with Gasteiger partial charge < -0.3 is 20.5 Å². The van der Waals surface area contributed by atoms with E-state index in [1.807, 2.05) is 6.92 Å². The van der Waals surface area contributed by atoms with Gasteiger partial charge in [0.25, 0.3) is 10.0 Å². The highest BCUT2D eigenvalue weighted by Gasteiger charge is 2.30. The SMILES string of the molecule is CCOc1ccc(N(CC(=O)Nc2ccc(CC(N)=O)cc2)S(=O)(=O)c2cc(C)ccc2OC)cc1. The number of hydrogen-bond acceptors (Lipinski definition) is 6. The van der Waals surface area contributed by atoms with Crippen LogP contribution in [0.2, 0.25) is 0 Å². The predicted octanol–water partition coefficient (Wildman–Crippen LogP) is 3.26. The molecule has 9 nitrogen and oxygen atoms in total. The highest BCUT2D eigenvalue weighted by molar-refractivity contribution is 7.93. The van der Waals surface area contributed by atoms with Gasteiger partial charge >= 0.3 is 0 Å². The summed E-state index contributed by atoms with van der Waals surface area (Å²) in [7, 11) is -2.81. The van der Waals surface area contributed by atoms with E-state index < -0.39 is 28.4 Å². The van der Waals surface area contributed by atoms with Crippen LogP contribution in [0.25, 0.3) is 0 Å². The van der Waals surface area contributed by atoms with E-state index in [0.717, 1.165) is 9.87 Å². The molecule has 10 heteroatoms. The molecule has 3 aromatic rings. The van der Waals surface area contributed by atoms with E-state index in [0.29, 0.717) is 23.6 Å². The van der Waals surface area contributed by atoms with Crippen molar-refractivity contribution in [3.63, 3.8) is 0 Å². The van der Waals surface area contributed by atoms with Gasteiger partial charge in [-0.3, -0.25) is 13.9 Å². The minimum atomic E-state index is -4.20. The second-order valence-electron chi connectivity index (χ2n) is 7.98. The summed E-state index contributed by atoms with van der Waals surface area (Å²) in [6, 6.07) is 17.8. The lowest BCUT2D eigenvalue weighted by Crippen LogP contribution is -2.38. The first kappa shape index (κ1) is 26.6. The van der Waals surface area contributed by atoms with E-state index in [2.05, 4.69) is 5.32 Å². The molecular formula is C26H29N3O6S. The van der Waals surface area contributed by atoms with Crippen molar-refractivity contribution in [1.82, 2.24) is 0 Å². The Hall–Kier alpha value is -4.05. The fourth-order valence-electron chi connectivity index (χ4n) is 3.53. The molecule has 2 amide bonds. The third-order valence-electron chi connectivity index (χ3n) is 5.23. The molecule has 0 bridgehead atoms. The van der Waals surface area contributed by atoms with E-state index in [1.165, 1.54) is 13.2 Å². The molecule has 0 aromatic heterocycles. The van der Waals surface area contributed by atoms with Gasteiger partial charge in [-0.2, -0.15) is 0 Å². The monoisotopic (exact) mass is 511 g/mol. The Morgan fingerprint density at radius 3 is 2.25 bits per heavy atom. The van der Waals surface area contributed by atoms with E-state index in [9.17, 15) is 18.0 Å². The van der Waals surface area contributed by atoms with Crippen LogP contribution >= 0.6 is 0 Å². The minimum absolute atomic E-state index is 0.0533. The molecule has 36 heavy (non-hydrogen) atoms. The molecule has 3 rings (SSSR count). The number of carbonyl (C=O) groups is 2. The molecule has 0 atom stereocenters. The number of nitrogens with two attached hydrogens (primary N) is 1. The number of amides is 2. The molecule has 190 valence electrons. The normalized spacial score (nSPS) is 11.0. The molecule has 0 aliphatic carbocycles. The first-order chi connectivity index (χ1) is 17.1. The molecule has 0 spiro atoms. The molecule has 3 aromatic carbocycles. The van der Waals surface area contributed by atoms with Gasteiger partial charge in [-0.15, -0.1) is 0 Å². The zero-order chi connectivity index (χ0) is 26.3. The molecule has 0 saturated carbocycles. The topological polar surface area (TPSA) is 128 Å². The lowest BCUT2D eigenvalue weighted by atomic mass is 10.1. The fraction of sp³-hybridized carbons (Fsp3) is 0.231. The second-order valence-corrected chi connectivity index (χ2v) is 9.81. The van der Waals surface area contributed by atoms with Crippen LogP contribution in [0, 0.1) is 6.92 Å². The molecule has 0 unspecified atom stereocenters.